The van der Waals surface area contributed by atoms with Gasteiger partial charge in [-0.3, -0.25) is 9.88 Å². The van der Waals surface area contributed by atoms with Gasteiger partial charge in [0.2, 0.25) is 0 Å². The Kier molecular flexibility index (Phi) is 6.05. The molecular weight excluding hydrogens is 334 g/mol. The predicted octanol–water partition coefficient (Wildman–Crippen LogP) is 4.12. The highest BCUT2D eigenvalue weighted by molar-refractivity contribution is 5.62. The lowest BCUT2D eigenvalue weighted by atomic mass is 9.96. The van der Waals surface area contributed by atoms with Crippen LogP contribution in [0.2, 0.25) is 0 Å². The molecule has 0 aliphatic carbocycles. The molecule has 0 radical (unpaired) electrons. The summed E-state index contributed by atoms with van der Waals surface area (Å²) >= 11 is 0. The van der Waals surface area contributed by atoms with E-state index < -0.39 is 0 Å². The van der Waals surface area contributed by atoms with Crippen LogP contribution >= 0.6 is 0 Å². The Morgan fingerprint density at radius 3 is 2.67 bits per heavy atom. The molecule has 2 fully saturated rings. The Bertz CT molecular complexity index is 732. The number of nitrogens with one attached hydrogen (secondary N) is 1. The van der Waals surface area contributed by atoms with E-state index in [-0.39, 0.29) is 0 Å². The highest BCUT2D eigenvalue weighted by Crippen LogP contribution is 2.26. The van der Waals surface area contributed by atoms with E-state index in [9.17, 15) is 5.11 Å². The number of pyridine rings is 1. The van der Waals surface area contributed by atoms with Gasteiger partial charge in [0.15, 0.2) is 0 Å². The molecule has 27 heavy (non-hydrogen) atoms. The molecule has 4 heteroatoms. The number of rotatable bonds is 6. The maximum Gasteiger partial charge on any atom is 0.116 e. The van der Waals surface area contributed by atoms with Crippen LogP contribution in [0.3, 0.4) is 0 Å². The summed E-state index contributed by atoms with van der Waals surface area (Å²) in [5.41, 5.74) is 4.41. The Morgan fingerprint density at radius 2 is 1.93 bits per heavy atom. The van der Waals surface area contributed by atoms with E-state index in [1.54, 1.807) is 0 Å². The van der Waals surface area contributed by atoms with Crippen LogP contribution in [0.15, 0.2) is 36.5 Å². The minimum absolute atomic E-state index is 0.335. The van der Waals surface area contributed by atoms with Crippen molar-refractivity contribution in [2.75, 3.05) is 19.6 Å². The molecule has 0 saturated carbocycles. The standard InChI is InChI=1S/C23H31N3O/c27-22-14-18(6-8-21-5-1-2-10-24-21)13-20(15-22)23-9-7-19(16-25-23)17-26-11-3-4-12-26/h7,9,13-16,21,24,27H,1-6,8,10-12,17H2/t21-/m1/s1. The predicted molar refractivity (Wildman–Crippen MR) is 110 cm³/mol. The summed E-state index contributed by atoms with van der Waals surface area (Å²) in [4.78, 5) is 7.16. The normalized spacial score (nSPS) is 20.8. The molecule has 2 aliphatic heterocycles. The van der Waals surface area contributed by atoms with Crippen molar-refractivity contribution in [3.63, 3.8) is 0 Å². The average molecular weight is 366 g/mol. The molecule has 1 aromatic carbocycles. The number of aromatic nitrogens is 1. The molecule has 1 aromatic heterocycles. The van der Waals surface area contributed by atoms with Crippen molar-refractivity contribution in [1.29, 1.82) is 0 Å². The topological polar surface area (TPSA) is 48.4 Å². The fourth-order valence-electron chi connectivity index (χ4n) is 4.37. The van der Waals surface area contributed by atoms with Crippen LogP contribution in [0.5, 0.6) is 5.75 Å². The molecule has 0 unspecified atom stereocenters. The number of phenolic OH excluding ortho intramolecular Hbond substituents is 1. The highest BCUT2D eigenvalue weighted by atomic mass is 16.3. The van der Waals surface area contributed by atoms with Crippen LogP contribution < -0.4 is 5.32 Å². The number of likely N-dealkylation sites (tertiary alicyclic amines) is 1. The summed E-state index contributed by atoms with van der Waals surface area (Å²) in [5, 5.41) is 13.8. The van der Waals surface area contributed by atoms with Gasteiger partial charge in [-0.2, -0.15) is 0 Å². The molecule has 4 rings (SSSR count). The van der Waals surface area contributed by atoms with Gasteiger partial charge in [-0.25, -0.2) is 0 Å². The largest absolute Gasteiger partial charge is 0.508 e. The van der Waals surface area contributed by atoms with E-state index in [0.29, 0.717) is 11.8 Å². The second-order valence-electron chi connectivity index (χ2n) is 8.11. The Hall–Kier alpha value is -1.91. The average Bonchev–Trinajstić information content (AvgIpc) is 3.20. The lowest BCUT2D eigenvalue weighted by molar-refractivity contribution is 0.331. The monoisotopic (exact) mass is 365 g/mol. The maximum absolute atomic E-state index is 10.2. The SMILES string of the molecule is Oc1cc(CC[C@H]2CCCCN2)cc(-c2ccc(CN3CCCC3)cn2)c1. The van der Waals surface area contributed by atoms with E-state index >= 15 is 0 Å². The van der Waals surface area contributed by atoms with Gasteiger partial charge >= 0.3 is 0 Å². The van der Waals surface area contributed by atoms with Gasteiger partial charge in [-0.1, -0.05) is 12.5 Å². The van der Waals surface area contributed by atoms with Crippen molar-refractivity contribution in [2.24, 2.45) is 0 Å². The van der Waals surface area contributed by atoms with Crippen molar-refractivity contribution in [2.45, 2.75) is 57.5 Å². The van der Waals surface area contributed by atoms with E-state index in [2.05, 4.69) is 33.4 Å². The van der Waals surface area contributed by atoms with Gasteiger partial charge in [-0.05, 0) is 93.6 Å². The summed E-state index contributed by atoms with van der Waals surface area (Å²) in [7, 11) is 0. The Balaban J connectivity index is 1.42. The number of aromatic hydroxyl groups is 1. The van der Waals surface area contributed by atoms with Crippen molar-refractivity contribution in [3.8, 4) is 17.0 Å². The molecule has 2 saturated heterocycles. The summed E-state index contributed by atoms with van der Waals surface area (Å²) in [6, 6.07) is 10.8. The van der Waals surface area contributed by atoms with Crippen LogP contribution in [-0.4, -0.2) is 40.7 Å². The quantitative estimate of drug-likeness (QED) is 0.808. The Labute approximate surface area is 162 Å². The van der Waals surface area contributed by atoms with Crippen LogP contribution in [0.4, 0.5) is 0 Å². The van der Waals surface area contributed by atoms with Crippen molar-refractivity contribution in [3.05, 3.63) is 47.7 Å². The number of hydrogen-bond acceptors (Lipinski definition) is 4. The molecular formula is C23H31N3O. The minimum atomic E-state index is 0.335. The zero-order chi connectivity index (χ0) is 18.5. The molecule has 144 valence electrons. The molecule has 2 N–H and O–H groups in total. The number of aryl methyl sites for hydroxylation is 1. The number of benzene rings is 1. The first-order valence-electron chi connectivity index (χ1n) is 10.5. The van der Waals surface area contributed by atoms with Gasteiger partial charge in [0, 0.05) is 24.3 Å². The van der Waals surface area contributed by atoms with Gasteiger partial charge in [0.05, 0.1) is 5.69 Å². The summed E-state index contributed by atoms with van der Waals surface area (Å²) in [5.74, 6) is 0.335. The smallest absolute Gasteiger partial charge is 0.116 e. The number of nitrogens with zero attached hydrogens (tertiary/aromatic N) is 2. The number of piperidine rings is 1. The third-order valence-electron chi connectivity index (χ3n) is 5.90. The molecule has 2 aliphatic rings. The Morgan fingerprint density at radius 1 is 1.04 bits per heavy atom. The third kappa shape index (κ3) is 5.08. The molecule has 2 aromatic rings. The van der Waals surface area contributed by atoms with Crippen LogP contribution in [-0.2, 0) is 13.0 Å². The second-order valence-corrected chi connectivity index (χ2v) is 8.11. The highest BCUT2D eigenvalue weighted by Gasteiger charge is 2.14. The molecule has 3 heterocycles. The summed E-state index contributed by atoms with van der Waals surface area (Å²) in [6.45, 7) is 4.54. The van der Waals surface area contributed by atoms with Crippen LogP contribution in [0.25, 0.3) is 11.3 Å². The number of hydrogen-bond donors (Lipinski definition) is 2. The lowest BCUT2D eigenvalue weighted by Crippen LogP contribution is -2.34. The second kappa shape index (κ2) is 8.85. The first-order valence-corrected chi connectivity index (χ1v) is 10.5. The van der Waals surface area contributed by atoms with Crippen molar-refractivity contribution in [1.82, 2.24) is 15.2 Å². The van der Waals surface area contributed by atoms with Gasteiger partial charge in [-0.15, -0.1) is 0 Å². The molecule has 0 bridgehead atoms. The first-order chi connectivity index (χ1) is 13.3. The van der Waals surface area contributed by atoms with Crippen LogP contribution in [0, 0.1) is 0 Å². The van der Waals surface area contributed by atoms with E-state index in [1.165, 1.54) is 56.3 Å². The van der Waals surface area contributed by atoms with Gasteiger partial charge in [0.1, 0.15) is 5.75 Å². The lowest BCUT2D eigenvalue weighted by Gasteiger charge is -2.23. The third-order valence-corrected chi connectivity index (χ3v) is 5.90. The summed E-state index contributed by atoms with van der Waals surface area (Å²) in [6.07, 6.45) is 10.6. The molecule has 4 nitrogen and oxygen atoms in total. The minimum Gasteiger partial charge on any atom is -0.508 e. The maximum atomic E-state index is 10.2. The van der Waals surface area contributed by atoms with Gasteiger partial charge in [0.25, 0.3) is 0 Å². The zero-order valence-corrected chi connectivity index (χ0v) is 16.2. The first kappa shape index (κ1) is 18.5. The fraction of sp³-hybridized carbons (Fsp3) is 0.522. The molecule has 0 amide bonds. The van der Waals surface area contributed by atoms with E-state index in [0.717, 1.165) is 37.2 Å². The van der Waals surface area contributed by atoms with Crippen LogP contribution in [0.1, 0.15) is 49.7 Å². The fourth-order valence-corrected chi connectivity index (χ4v) is 4.37. The summed E-state index contributed by atoms with van der Waals surface area (Å²) < 4.78 is 0. The van der Waals surface area contributed by atoms with Gasteiger partial charge < -0.3 is 10.4 Å². The molecule has 0 spiro atoms. The molecule has 1 atom stereocenters. The number of phenols is 1. The van der Waals surface area contributed by atoms with Crippen molar-refractivity contribution < 1.29 is 5.11 Å². The van der Waals surface area contributed by atoms with Crippen molar-refractivity contribution >= 4 is 0 Å². The van der Waals surface area contributed by atoms with E-state index in [4.69, 9.17) is 0 Å². The zero-order valence-electron chi connectivity index (χ0n) is 16.2. The van der Waals surface area contributed by atoms with E-state index in [1.807, 2.05) is 18.3 Å².